The summed E-state index contributed by atoms with van der Waals surface area (Å²) in [5.41, 5.74) is 1.38. The van der Waals surface area contributed by atoms with Gasteiger partial charge in [0.15, 0.2) is 0 Å². The van der Waals surface area contributed by atoms with Crippen molar-refractivity contribution in [2.24, 2.45) is 5.92 Å². The summed E-state index contributed by atoms with van der Waals surface area (Å²) in [6.07, 6.45) is 0.301. The van der Waals surface area contributed by atoms with Gasteiger partial charge in [-0.2, -0.15) is 0 Å². The maximum Gasteiger partial charge on any atom is 0.225 e. The average molecular weight is 423 g/mol. The third-order valence-corrected chi connectivity index (χ3v) is 6.71. The molecule has 0 spiro atoms. The van der Waals surface area contributed by atoms with Gasteiger partial charge >= 0.3 is 0 Å². The molecule has 0 fully saturated rings. The van der Waals surface area contributed by atoms with Crippen molar-refractivity contribution in [1.82, 2.24) is 4.57 Å². The average Bonchev–Trinajstić information content (AvgIpc) is 2.89. The number of benzene rings is 1. The van der Waals surface area contributed by atoms with Gasteiger partial charge in [-0.15, -0.1) is 0 Å². The Hall–Kier alpha value is -2.32. The van der Waals surface area contributed by atoms with E-state index in [0.29, 0.717) is 36.7 Å². The summed E-state index contributed by atoms with van der Waals surface area (Å²) in [6, 6.07) is 6.23. The normalized spacial score (nSPS) is 11.7. The van der Waals surface area contributed by atoms with Gasteiger partial charge in [-0.1, -0.05) is 13.8 Å². The van der Waals surface area contributed by atoms with Crippen LogP contribution in [0.25, 0.3) is 0 Å². The predicted molar refractivity (Wildman–Crippen MR) is 112 cm³/mol. The van der Waals surface area contributed by atoms with E-state index in [-0.39, 0.29) is 21.6 Å². The van der Waals surface area contributed by atoms with Gasteiger partial charge in [-0.05, 0) is 49.6 Å². The zero-order valence-electron chi connectivity index (χ0n) is 17.9. The molecule has 1 aromatic carbocycles. The number of methoxy groups -OCH3 is 2. The zero-order chi connectivity index (χ0) is 21.8. The third kappa shape index (κ3) is 5.00. The Morgan fingerprint density at radius 1 is 1.14 bits per heavy atom. The molecule has 0 unspecified atom stereocenters. The molecule has 1 amide bonds. The largest absolute Gasteiger partial charge is 0.497 e. The van der Waals surface area contributed by atoms with Crippen LogP contribution in [0.5, 0.6) is 5.75 Å². The number of nitrogens with one attached hydrogen (secondary N) is 1. The predicted octanol–water partition coefficient (Wildman–Crippen LogP) is 3.58. The Bertz CT molecular complexity index is 960. The van der Waals surface area contributed by atoms with E-state index in [9.17, 15) is 13.2 Å². The van der Waals surface area contributed by atoms with Crippen molar-refractivity contribution in [3.05, 3.63) is 35.5 Å². The Balaban J connectivity index is 2.62. The van der Waals surface area contributed by atoms with Crippen molar-refractivity contribution in [3.8, 4) is 5.75 Å². The SMILES string of the molecule is COCCn1c(C)c(C)c(S(=O)(=O)c2ccc(OC)cc2)c1NC(=O)CC(C)C. The molecule has 1 heterocycles. The molecule has 2 rings (SSSR count). The molecule has 29 heavy (non-hydrogen) atoms. The second kappa shape index (κ2) is 9.45. The first-order valence-corrected chi connectivity index (χ1v) is 11.0. The highest BCUT2D eigenvalue weighted by Crippen LogP contribution is 2.36. The molecule has 0 bridgehead atoms. The number of ether oxygens (including phenoxy) is 2. The summed E-state index contributed by atoms with van der Waals surface area (Å²) in [6.45, 7) is 8.30. The van der Waals surface area contributed by atoms with E-state index in [1.54, 1.807) is 30.7 Å². The monoisotopic (exact) mass is 422 g/mol. The van der Waals surface area contributed by atoms with E-state index in [1.165, 1.54) is 19.2 Å². The minimum Gasteiger partial charge on any atom is -0.497 e. The van der Waals surface area contributed by atoms with Gasteiger partial charge in [0.05, 0.1) is 18.6 Å². The van der Waals surface area contributed by atoms with Gasteiger partial charge in [-0.25, -0.2) is 8.42 Å². The molecule has 1 aromatic heterocycles. The topological polar surface area (TPSA) is 86.6 Å². The number of anilines is 1. The van der Waals surface area contributed by atoms with Gasteiger partial charge in [0.2, 0.25) is 15.7 Å². The molecule has 0 radical (unpaired) electrons. The van der Waals surface area contributed by atoms with Crippen LogP contribution in [-0.2, 0) is 25.9 Å². The van der Waals surface area contributed by atoms with Crippen molar-refractivity contribution >= 4 is 21.6 Å². The molecule has 0 saturated carbocycles. The molecule has 0 aliphatic rings. The minimum atomic E-state index is -3.86. The fraction of sp³-hybridized carbons (Fsp3) is 0.476. The standard InChI is InChI=1S/C21H30N2O5S/c1-14(2)13-19(24)22-21-20(15(3)16(4)23(21)11-12-27-5)29(25,26)18-9-7-17(28-6)8-10-18/h7-10,14H,11-13H2,1-6H3,(H,22,24). The van der Waals surface area contributed by atoms with Crippen molar-refractivity contribution in [2.45, 2.75) is 50.5 Å². The zero-order valence-corrected chi connectivity index (χ0v) is 18.7. The van der Waals surface area contributed by atoms with Gasteiger partial charge in [0, 0.05) is 25.8 Å². The van der Waals surface area contributed by atoms with Crippen molar-refractivity contribution in [2.75, 3.05) is 26.1 Å². The summed E-state index contributed by atoms with van der Waals surface area (Å²) in [5.74, 6) is 0.794. The van der Waals surface area contributed by atoms with E-state index >= 15 is 0 Å². The number of carbonyl (C=O) groups excluding carboxylic acids is 1. The first-order valence-electron chi connectivity index (χ1n) is 9.51. The molecule has 1 N–H and O–H groups in total. The fourth-order valence-electron chi connectivity index (χ4n) is 3.18. The molecule has 2 aromatic rings. The number of nitrogens with zero attached hydrogens (tertiary/aromatic N) is 1. The summed E-state index contributed by atoms with van der Waals surface area (Å²) >= 11 is 0. The lowest BCUT2D eigenvalue weighted by molar-refractivity contribution is -0.116. The Labute approximate surface area is 172 Å². The number of hydrogen-bond donors (Lipinski definition) is 1. The molecular weight excluding hydrogens is 392 g/mol. The lowest BCUT2D eigenvalue weighted by atomic mass is 10.1. The van der Waals surface area contributed by atoms with Crippen LogP contribution in [0.15, 0.2) is 34.1 Å². The summed E-state index contributed by atoms with van der Waals surface area (Å²) in [4.78, 5) is 12.8. The molecule has 0 atom stereocenters. The molecule has 0 aliphatic carbocycles. The van der Waals surface area contributed by atoms with E-state index in [0.717, 1.165) is 5.69 Å². The number of amides is 1. The molecule has 160 valence electrons. The Morgan fingerprint density at radius 3 is 2.28 bits per heavy atom. The second-order valence-corrected chi connectivity index (χ2v) is 9.24. The highest BCUT2D eigenvalue weighted by atomic mass is 32.2. The van der Waals surface area contributed by atoms with Crippen LogP contribution in [0.4, 0.5) is 5.82 Å². The lowest BCUT2D eigenvalue weighted by Gasteiger charge is -2.15. The quantitative estimate of drug-likeness (QED) is 0.667. The van der Waals surface area contributed by atoms with E-state index in [2.05, 4.69) is 5.32 Å². The lowest BCUT2D eigenvalue weighted by Crippen LogP contribution is -2.20. The summed E-state index contributed by atoms with van der Waals surface area (Å²) in [5, 5.41) is 2.84. The van der Waals surface area contributed by atoms with E-state index in [1.807, 2.05) is 20.8 Å². The molecular formula is C21H30N2O5S. The van der Waals surface area contributed by atoms with E-state index < -0.39 is 9.84 Å². The highest BCUT2D eigenvalue weighted by Gasteiger charge is 2.30. The smallest absolute Gasteiger partial charge is 0.225 e. The van der Waals surface area contributed by atoms with Crippen LogP contribution in [0.1, 0.15) is 31.5 Å². The Morgan fingerprint density at radius 2 is 1.76 bits per heavy atom. The van der Waals surface area contributed by atoms with Gasteiger partial charge in [-0.3, -0.25) is 4.79 Å². The molecule has 0 aliphatic heterocycles. The highest BCUT2D eigenvalue weighted by molar-refractivity contribution is 7.91. The van der Waals surface area contributed by atoms with Crippen LogP contribution in [0.3, 0.4) is 0 Å². The Kier molecular flexibility index (Phi) is 7.48. The van der Waals surface area contributed by atoms with E-state index in [4.69, 9.17) is 9.47 Å². The minimum absolute atomic E-state index is 0.119. The second-order valence-electron chi connectivity index (χ2n) is 7.36. The van der Waals surface area contributed by atoms with Crippen molar-refractivity contribution < 1.29 is 22.7 Å². The molecule has 0 saturated heterocycles. The fourth-order valence-corrected chi connectivity index (χ4v) is 4.87. The van der Waals surface area contributed by atoms with Gasteiger partial charge in [0.1, 0.15) is 16.5 Å². The third-order valence-electron chi connectivity index (χ3n) is 4.78. The number of rotatable bonds is 9. The van der Waals surface area contributed by atoms with Crippen LogP contribution in [0, 0.1) is 19.8 Å². The first-order chi connectivity index (χ1) is 13.6. The van der Waals surface area contributed by atoms with Gasteiger partial charge in [0.25, 0.3) is 0 Å². The van der Waals surface area contributed by atoms with Crippen LogP contribution in [-0.4, -0.2) is 39.7 Å². The first kappa shape index (κ1) is 23.0. The maximum absolute atomic E-state index is 13.5. The maximum atomic E-state index is 13.5. The molecule has 7 nitrogen and oxygen atoms in total. The van der Waals surface area contributed by atoms with Crippen molar-refractivity contribution in [1.29, 1.82) is 0 Å². The van der Waals surface area contributed by atoms with Crippen LogP contribution in [0.2, 0.25) is 0 Å². The summed E-state index contributed by atoms with van der Waals surface area (Å²) < 4.78 is 39.1. The van der Waals surface area contributed by atoms with Crippen LogP contribution < -0.4 is 10.1 Å². The van der Waals surface area contributed by atoms with Gasteiger partial charge < -0.3 is 19.4 Å². The number of hydrogen-bond acceptors (Lipinski definition) is 5. The molecule has 8 heteroatoms. The summed E-state index contributed by atoms with van der Waals surface area (Å²) in [7, 11) is -0.754. The number of sulfone groups is 1. The number of carbonyl (C=O) groups is 1. The number of aromatic nitrogens is 1. The van der Waals surface area contributed by atoms with Crippen molar-refractivity contribution in [3.63, 3.8) is 0 Å². The van der Waals surface area contributed by atoms with Crippen LogP contribution >= 0.6 is 0 Å².